The van der Waals surface area contributed by atoms with Crippen LogP contribution >= 0.6 is 46.0 Å². The summed E-state index contributed by atoms with van der Waals surface area (Å²) in [6.07, 6.45) is 1.60. The van der Waals surface area contributed by atoms with Gasteiger partial charge < -0.3 is 10.1 Å². The molecule has 1 saturated heterocycles. The average Bonchev–Trinajstić information content (AvgIpc) is 3.08. The number of ether oxygens (including phenoxy) is 1. The van der Waals surface area contributed by atoms with Crippen molar-refractivity contribution in [2.45, 2.75) is 6.61 Å². The number of amides is 3. The molecule has 3 amide bonds. The van der Waals surface area contributed by atoms with Crippen LogP contribution in [0, 0.1) is 9.39 Å². The van der Waals surface area contributed by atoms with E-state index >= 15 is 0 Å². The normalized spacial score (nSPS) is 14.5. The van der Waals surface area contributed by atoms with Gasteiger partial charge in [0.25, 0.3) is 11.1 Å². The van der Waals surface area contributed by atoms with Gasteiger partial charge in [0.1, 0.15) is 24.7 Å². The van der Waals surface area contributed by atoms with E-state index in [1.54, 1.807) is 24.3 Å². The van der Waals surface area contributed by atoms with Crippen molar-refractivity contribution in [2.75, 3.05) is 11.9 Å². The highest BCUT2D eigenvalue weighted by atomic mass is 127. The third-order valence-electron chi connectivity index (χ3n) is 4.90. The molecule has 4 rings (SSSR count). The van der Waals surface area contributed by atoms with Crippen LogP contribution in [0.3, 0.4) is 0 Å². The van der Waals surface area contributed by atoms with Gasteiger partial charge in [0.15, 0.2) is 0 Å². The van der Waals surface area contributed by atoms with E-state index in [9.17, 15) is 18.8 Å². The van der Waals surface area contributed by atoms with Crippen molar-refractivity contribution >= 4 is 74.8 Å². The predicted octanol–water partition coefficient (Wildman–Crippen LogP) is 6.34. The molecule has 6 nitrogen and oxygen atoms in total. The number of hydrogen-bond donors (Lipinski definition) is 1. The maximum Gasteiger partial charge on any atom is 0.294 e. The molecule has 3 aromatic rings. The first-order valence-corrected chi connectivity index (χ1v) is 12.5. The number of hydrogen-bond acceptors (Lipinski definition) is 5. The van der Waals surface area contributed by atoms with Crippen LogP contribution in [0.4, 0.5) is 14.9 Å². The lowest BCUT2D eigenvalue weighted by molar-refractivity contribution is -0.127. The van der Waals surface area contributed by atoms with E-state index < -0.39 is 29.4 Å². The molecule has 0 aliphatic carbocycles. The lowest BCUT2D eigenvalue weighted by atomic mass is 10.2. The minimum absolute atomic E-state index is 0.213. The molecule has 1 heterocycles. The van der Waals surface area contributed by atoms with E-state index in [2.05, 4.69) is 27.9 Å². The van der Waals surface area contributed by atoms with Crippen molar-refractivity contribution in [2.24, 2.45) is 0 Å². The van der Waals surface area contributed by atoms with Gasteiger partial charge in [-0.2, -0.15) is 0 Å². The number of rotatable bonds is 7. The number of halogens is 3. The summed E-state index contributed by atoms with van der Waals surface area (Å²) in [5.41, 5.74) is 1.94. The fourth-order valence-corrected chi connectivity index (χ4v) is 4.88. The summed E-state index contributed by atoms with van der Waals surface area (Å²) in [6.45, 7) is -0.125. The Balaban J connectivity index is 1.40. The third kappa shape index (κ3) is 6.41. The average molecular weight is 623 g/mol. The molecule has 1 aliphatic rings. The van der Waals surface area contributed by atoms with Gasteiger partial charge in [0.2, 0.25) is 5.91 Å². The minimum atomic E-state index is -0.560. The van der Waals surface area contributed by atoms with Crippen LogP contribution < -0.4 is 10.1 Å². The van der Waals surface area contributed by atoms with Crippen LogP contribution in [0.5, 0.6) is 5.75 Å². The number of carbonyl (C=O) groups excluding carboxylic acids is 3. The maximum absolute atomic E-state index is 13.0. The zero-order valence-corrected chi connectivity index (χ0v) is 21.7. The van der Waals surface area contributed by atoms with Gasteiger partial charge in [-0.25, -0.2) is 4.39 Å². The number of benzene rings is 3. The molecule has 0 atom stereocenters. The van der Waals surface area contributed by atoms with E-state index in [1.165, 1.54) is 24.3 Å². The summed E-state index contributed by atoms with van der Waals surface area (Å²) in [4.78, 5) is 38.5. The molecule has 178 valence electrons. The first-order valence-electron chi connectivity index (χ1n) is 10.3. The lowest BCUT2D eigenvalue weighted by Gasteiger charge is -2.12. The molecule has 10 heteroatoms. The van der Waals surface area contributed by atoms with Gasteiger partial charge in [-0.1, -0.05) is 35.9 Å². The van der Waals surface area contributed by atoms with Gasteiger partial charge in [-0.3, -0.25) is 19.3 Å². The summed E-state index contributed by atoms with van der Waals surface area (Å²) < 4.78 is 19.7. The third-order valence-corrected chi connectivity index (χ3v) is 7.02. The molecule has 0 bridgehead atoms. The lowest BCUT2D eigenvalue weighted by Crippen LogP contribution is -2.36. The van der Waals surface area contributed by atoms with E-state index in [1.807, 2.05) is 24.3 Å². The summed E-state index contributed by atoms with van der Waals surface area (Å²) in [7, 11) is 0. The maximum atomic E-state index is 13.0. The van der Waals surface area contributed by atoms with Crippen LogP contribution in [0.25, 0.3) is 6.08 Å². The number of carbonyl (C=O) groups is 3. The molecule has 35 heavy (non-hydrogen) atoms. The zero-order chi connectivity index (χ0) is 24.9. The van der Waals surface area contributed by atoms with Crippen molar-refractivity contribution in [3.63, 3.8) is 0 Å². The monoisotopic (exact) mass is 622 g/mol. The van der Waals surface area contributed by atoms with Gasteiger partial charge in [0, 0.05) is 16.3 Å². The topological polar surface area (TPSA) is 75.7 Å². The van der Waals surface area contributed by atoms with Crippen molar-refractivity contribution in [1.29, 1.82) is 0 Å². The molecule has 0 saturated carbocycles. The van der Waals surface area contributed by atoms with Crippen LogP contribution in [0.15, 0.2) is 71.6 Å². The molecule has 1 aliphatic heterocycles. The second-order valence-electron chi connectivity index (χ2n) is 7.39. The quantitative estimate of drug-likeness (QED) is 0.246. The standard InChI is InChI=1S/C25H17ClFIN2O4S/c26-19-4-2-1-3-16(19)14-34-21-10-5-15(11-20(21)28)12-22-24(32)30(25(33)35-22)13-23(31)29-18-8-6-17(27)7-9-18/h1-12H,13-14H2,(H,29,31)/b22-12-. The Morgan fingerprint density at radius 1 is 1.11 bits per heavy atom. The Morgan fingerprint density at radius 3 is 2.57 bits per heavy atom. The SMILES string of the molecule is O=C(CN1C(=O)S/C(=C\c2ccc(OCc3ccccc3Cl)c(I)c2)C1=O)Nc1ccc(F)cc1. The van der Waals surface area contributed by atoms with Crippen LogP contribution in [-0.2, 0) is 16.2 Å². The molecule has 0 aromatic heterocycles. The molecule has 1 N–H and O–H groups in total. The highest BCUT2D eigenvalue weighted by Crippen LogP contribution is 2.33. The molecule has 1 fully saturated rings. The fraction of sp³-hybridized carbons (Fsp3) is 0.0800. The van der Waals surface area contributed by atoms with E-state index in [0.717, 1.165) is 25.8 Å². The number of imide groups is 1. The van der Waals surface area contributed by atoms with Crippen molar-refractivity contribution in [1.82, 2.24) is 4.90 Å². The first-order chi connectivity index (χ1) is 16.8. The van der Waals surface area contributed by atoms with E-state index in [4.69, 9.17) is 16.3 Å². The Bertz CT molecular complexity index is 1330. The molecule has 0 unspecified atom stereocenters. The summed E-state index contributed by atoms with van der Waals surface area (Å²) >= 11 is 9.07. The van der Waals surface area contributed by atoms with Gasteiger partial charge in [-0.05, 0) is 88.5 Å². The van der Waals surface area contributed by atoms with Crippen molar-refractivity contribution in [3.05, 3.63) is 97.2 Å². The summed E-state index contributed by atoms with van der Waals surface area (Å²) in [6, 6.07) is 18.0. The number of thioether (sulfide) groups is 1. The minimum Gasteiger partial charge on any atom is -0.488 e. The van der Waals surface area contributed by atoms with Crippen LogP contribution in [-0.4, -0.2) is 28.5 Å². The summed E-state index contributed by atoms with van der Waals surface area (Å²) in [5.74, 6) is -0.889. The number of anilines is 1. The smallest absolute Gasteiger partial charge is 0.294 e. The Labute approximate surface area is 223 Å². The Morgan fingerprint density at radius 2 is 1.86 bits per heavy atom. The van der Waals surface area contributed by atoms with Gasteiger partial charge >= 0.3 is 0 Å². The number of nitrogens with one attached hydrogen (secondary N) is 1. The second kappa shape index (κ2) is 11.2. The molecule has 0 spiro atoms. The molecular formula is C25H17ClFIN2O4S. The summed E-state index contributed by atoms with van der Waals surface area (Å²) in [5, 5.41) is 2.63. The predicted molar refractivity (Wildman–Crippen MR) is 143 cm³/mol. The van der Waals surface area contributed by atoms with Gasteiger partial charge in [0.05, 0.1) is 8.48 Å². The molecule has 3 aromatic carbocycles. The van der Waals surface area contributed by atoms with Crippen LogP contribution in [0.2, 0.25) is 5.02 Å². The largest absolute Gasteiger partial charge is 0.488 e. The Kier molecular flexibility index (Phi) is 8.09. The first kappa shape index (κ1) is 25.2. The molecule has 0 radical (unpaired) electrons. The van der Waals surface area contributed by atoms with E-state index in [0.29, 0.717) is 28.6 Å². The molecular weight excluding hydrogens is 606 g/mol. The number of nitrogens with zero attached hydrogens (tertiary/aromatic N) is 1. The Hall–Kier alpha value is -2.89. The van der Waals surface area contributed by atoms with E-state index in [-0.39, 0.29) is 4.91 Å². The second-order valence-corrected chi connectivity index (χ2v) is 9.96. The van der Waals surface area contributed by atoms with Crippen molar-refractivity contribution in [3.8, 4) is 5.75 Å². The van der Waals surface area contributed by atoms with Gasteiger partial charge in [-0.15, -0.1) is 0 Å². The zero-order valence-electron chi connectivity index (χ0n) is 18.0. The fourth-order valence-electron chi connectivity index (χ4n) is 3.16. The highest BCUT2D eigenvalue weighted by molar-refractivity contribution is 14.1. The van der Waals surface area contributed by atoms with Crippen LogP contribution in [0.1, 0.15) is 11.1 Å². The highest BCUT2D eigenvalue weighted by Gasteiger charge is 2.36. The van der Waals surface area contributed by atoms with Crippen molar-refractivity contribution < 1.29 is 23.5 Å².